The maximum Gasteiger partial charge on any atom is 0.238 e. The number of benzene rings is 1. The summed E-state index contributed by atoms with van der Waals surface area (Å²) < 4.78 is 7.41. The second-order valence-electron chi connectivity index (χ2n) is 5.52. The molecule has 2 heterocycles. The highest BCUT2D eigenvalue weighted by Gasteiger charge is 2.17. The van der Waals surface area contributed by atoms with Gasteiger partial charge < -0.3 is 9.32 Å². The molecule has 3 aromatic rings. The number of carbonyl (C=O) groups excluding carboxylic acids is 1. The van der Waals surface area contributed by atoms with Crippen LogP contribution in [0.25, 0.3) is 11.0 Å². The number of halogens is 1. The Morgan fingerprint density at radius 2 is 2.17 bits per heavy atom. The van der Waals surface area contributed by atoms with Crippen LogP contribution in [-0.2, 0) is 24.9 Å². The van der Waals surface area contributed by atoms with Crippen LogP contribution in [0.15, 0.2) is 34.9 Å². The average Bonchev–Trinajstić information content (AvgIpc) is 3.11. The van der Waals surface area contributed by atoms with Gasteiger partial charge in [0.25, 0.3) is 0 Å². The van der Waals surface area contributed by atoms with Crippen molar-refractivity contribution in [1.82, 2.24) is 19.9 Å². The van der Waals surface area contributed by atoms with E-state index in [1.54, 1.807) is 22.8 Å². The highest BCUT2D eigenvalue weighted by molar-refractivity contribution is 6.27. The molecule has 7 heteroatoms. The quantitative estimate of drug-likeness (QED) is 0.674. The van der Waals surface area contributed by atoms with Gasteiger partial charge in [-0.1, -0.05) is 16.8 Å². The van der Waals surface area contributed by atoms with Crippen molar-refractivity contribution in [1.29, 1.82) is 0 Å². The Labute approximate surface area is 138 Å². The Bertz CT molecular complexity index is 840. The number of amides is 1. The molecular weight excluding hydrogens is 316 g/mol. The van der Waals surface area contributed by atoms with Crippen LogP contribution in [-0.4, -0.2) is 31.7 Å². The number of fused-ring (bicyclic) bond motifs is 1. The van der Waals surface area contributed by atoms with Crippen LogP contribution in [0.1, 0.15) is 17.0 Å². The SMILES string of the molecule is Cc1ccc2oc(CN(Cc3cn(C)nn3)C(=O)CCl)cc2c1. The van der Waals surface area contributed by atoms with Crippen LogP contribution in [0.3, 0.4) is 0 Å². The predicted molar refractivity (Wildman–Crippen MR) is 86.9 cm³/mol. The lowest BCUT2D eigenvalue weighted by Crippen LogP contribution is -2.31. The van der Waals surface area contributed by atoms with Gasteiger partial charge in [-0.25, -0.2) is 0 Å². The Morgan fingerprint density at radius 3 is 2.87 bits per heavy atom. The van der Waals surface area contributed by atoms with Crippen molar-refractivity contribution in [3.63, 3.8) is 0 Å². The molecule has 1 amide bonds. The van der Waals surface area contributed by atoms with Crippen molar-refractivity contribution < 1.29 is 9.21 Å². The second-order valence-corrected chi connectivity index (χ2v) is 5.79. The molecule has 0 bridgehead atoms. The van der Waals surface area contributed by atoms with E-state index >= 15 is 0 Å². The fourth-order valence-corrected chi connectivity index (χ4v) is 2.63. The van der Waals surface area contributed by atoms with Gasteiger partial charge in [-0.3, -0.25) is 9.48 Å². The Hall–Kier alpha value is -2.34. The predicted octanol–water partition coefficient (Wildman–Crippen LogP) is 2.64. The number of aryl methyl sites for hydroxylation is 2. The van der Waals surface area contributed by atoms with E-state index in [-0.39, 0.29) is 11.8 Å². The summed E-state index contributed by atoms with van der Waals surface area (Å²) in [6, 6.07) is 7.94. The van der Waals surface area contributed by atoms with Gasteiger partial charge in [0, 0.05) is 18.6 Å². The molecule has 0 radical (unpaired) electrons. The molecule has 0 aliphatic rings. The highest BCUT2D eigenvalue weighted by atomic mass is 35.5. The first kappa shape index (κ1) is 15.6. The molecule has 0 saturated carbocycles. The summed E-state index contributed by atoms with van der Waals surface area (Å²) >= 11 is 5.72. The van der Waals surface area contributed by atoms with E-state index < -0.39 is 0 Å². The summed E-state index contributed by atoms with van der Waals surface area (Å²) in [5, 5.41) is 8.92. The molecule has 0 N–H and O–H groups in total. The first-order valence-electron chi connectivity index (χ1n) is 7.23. The van der Waals surface area contributed by atoms with Crippen molar-refractivity contribution in [3.05, 3.63) is 47.5 Å². The van der Waals surface area contributed by atoms with Crippen molar-refractivity contribution in [2.24, 2.45) is 7.05 Å². The standard InChI is InChI=1S/C16H17ClN4O2/c1-11-3-4-15-12(5-11)6-14(23-15)10-21(16(22)7-17)9-13-8-20(2)19-18-13/h3-6,8H,7,9-10H2,1-2H3. The monoisotopic (exact) mass is 332 g/mol. The maximum atomic E-state index is 12.1. The van der Waals surface area contributed by atoms with Crippen LogP contribution in [0, 0.1) is 6.92 Å². The first-order valence-corrected chi connectivity index (χ1v) is 7.76. The second kappa shape index (κ2) is 6.42. The third kappa shape index (κ3) is 3.53. The molecular formula is C16H17ClN4O2. The Balaban J connectivity index is 1.82. The first-order chi connectivity index (χ1) is 11.0. The lowest BCUT2D eigenvalue weighted by Gasteiger charge is -2.19. The van der Waals surface area contributed by atoms with E-state index in [9.17, 15) is 4.79 Å². The van der Waals surface area contributed by atoms with Crippen LogP contribution in [0.4, 0.5) is 0 Å². The van der Waals surface area contributed by atoms with E-state index in [2.05, 4.69) is 16.4 Å². The number of rotatable bonds is 5. The van der Waals surface area contributed by atoms with Crippen LogP contribution < -0.4 is 0 Å². The van der Waals surface area contributed by atoms with Gasteiger partial charge in [-0.2, -0.15) is 0 Å². The molecule has 0 aliphatic heterocycles. The van der Waals surface area contributed by atoms with Gasteiger partial charge >= 0.3 is 0 Å². The number of alkyl halides is 1. The fourth-order valence-electron chi connectivity index (χ4n) is 2.46. The molecule has 6 nitrogen and oxygen atoms in total. The zero-order valence-corrected chi connectivity index (χ0v) is 13.7. The molecule has 0 saturated heterocycles. The number of furan rings is 1. The number of nitrogens with zero attached hydrogens (tertiary/aromatic N) is 4. The topological polar surface area (TPSA) is 64.2 Å². The molecule has 1 aromatic carbocycles. The lowest BCUT2D eigenvalue weighted by molar-refractivity contribution is -0.130. The van der Waals surface area contributed by atoms with E-state index in [1.807, 2.05) is 25.1 Å². The molecule has 0 fully saturated rings. The number of hydrogen-bond acceptors (Lipinski definition) is 4. The van der Waals surface area contributed by atoms with E-state index in [4.69, 9.17) is 16.0 Å². The third-order valence-electron chi connectivity index (χ3n) is 3.54. The van der Waals surface area contributed by atoms with Gasteiger partial charge in [-0.05, 0) is 25.1 Å². The van der Waals surface area contributed by atoms with Gasteiger partial charge in [0.1, 0.15) is 22.9 Å². The number of carbonyl (C=O) groups is 1. The molecule has 0 atom stereocenters. The summed E-state index contributed by atoms with van der Waals surface area (Å²) in [5.74, 6) is 0.460. The number of aromatic nitrogens is 3. The zero-order chi connectivity index (χ0) is 16.4. The van der Waals surface area contributed by atoms with Crippen molar-refractivity contribution >= 4 is 28.5 Å². The molecule has 23 heavy (non-hydrogen) atoms. The zero-order valence-electron chi connectivity index (χ0n) is 13.0. The van der Waals surface area contributed by atoms with E-state index in [0.717, 1.165) is 16.5 Å². The summed E-state index contributed by atoms with van der Waals surface area (Å²) in [7, 11) is 1.78. The summed E-state index contributed by atoms with van der Waals surface area (Å²) in [5.41, 5.74) is 2.68. The summed E-state index contributed by atoms with van der Waals surface area (Å²) in [4.78, 5) is 13.7. The third-order valence-corrected chi connectivity index (χ3v) is 3.77. The lowest BCUT2D eigenvalue weighted by atomic mass is 10.2. The minimum absolute atomic E-state index is 0.0837. The minimum atomic E-state index is -0.172. The molecule has 2 aromatic heterocycles. The maximum absolute atomic E-state index is 12.1. The van der Waals surface area contributed by atoms with Crippen LogP contribution in [0.2, 0.25) is 0 Å². The van der Waals surface area contributed by atoms with Crippen LogP contribution >= 0.6 is 11.6 Å². The smallest absolute Gasteiger partial charge is 0.238 e. The largest absolute Gasteiger partial charge is 0.459 e. The Morgan fingerprint density at radius 1 is 1.35 bits per heavy atom. The van der Waals surface area contributed by atoms with Crippen molar-refractivity contribution in [2.75, 3.05) is 5.88 Å². The molecule has 120 valence electrons. The summed E-state index contributed by atoms with van der Waals surface area (Å²) in [6.07, 6.45) is 1.77. The number of hydrogen-bond donors (Lipinski definition) is 0. The normalized spacial score (nSPS) is 11.1. The van der Waals surface area contributed by atoms with Crippen molar-refractivity contribution in [2.45, 2.75) is 20.0 Å². The highest BCUT2D eigenvalue weighted by Crippen LogP contribution is 2.22. The van der Waals surface area contributed by atoms with E-state index in [1.165, 1.54) is 0 Å². The van der Waals surface area contributed by atoms with Gasteiger partial charge in [0.2, 0.25) is 5.91 Å². The van der Waals surface area contributed by atoms with Crippen LogP contribution in [0.5, 0.6) is 0 Å². The molecule has 0 unspecified atom stereocenters. The molecule has 0 aliphatic carbocycles. The van der Waals surface area contributed by atoms with E-state index in [0.29, 0.717) is 24.5 Å². The van der Waals surface area contributed by atoms with Gasteiger partial charge in [-0.15, -0.1) is 16.7 Å². The average molecular weight is 333 g/mol. The fraction of sp³-hybridized carbons (Fsp3) is 0.312. The Kier molecular flexibility index (Phi) is 4.34. The minimum Gasteiger partial charge on any atom is -0.459 e. The molecule has 3 rings (SSSR count). The summed E-state index contributed by atoms with van der Waals surface area (Å²) in [6.45, 7) is 2.72. The molecule has 0 spiro atoms. The van der Waals surface area contributed by atoms with Gasteiger partial charge in [0.05, 0.1) is 13.1 Å². The van der Waals surface area contributed by atoms with Crippen molar-refractivity contribution in [3.8, 4) is 0 Å². The van der Waals surface area contributed by atoms with Gasteiger partial charge in [0.15, 0.2) is 0 Å².